The van der Waals surface area contributed by atoms with Crippen LogP contribution in [0.4, 0.5) is 4.79 Å². The molecule has 1 aliphatic rings. The molecule has 1 aliphatic heterocycles. The summed E-state index contributed by atoms with van der Waals surface area (Å²) in [7, 11) is 0. The maximum atomic E-state index is 12.9. The zero-order valence-corrected chi connectivity index (χ0v) is 20.0. The number of benzene rings is 1. The quantitative estimate of drug-likeness (QED) is 0.467. The van der Waals surface area contributed by atoms with Crippen molar-refractivity contribution in [3.63, 3.8) is 0 Å². The first-order chi connectivity index (χ1) is 16.7. The van der Waals surface area contributed by atoms with Crippen LogP contribution in [-0.4, -0.2) is 43.1 Å². The number of amides is 3. The molecule has 2 heterocycles. The summed E-state index contributed by atoms with van der Waals surface area (Å²) in [5.41, 5.74) is 1.45. The Hall–Kier alpha value is -4.08. The summed E-state index contributed by atoms with van der Waals surface area (Å²) in [6, 6.07) is 7.74. The summed E-state index contributed by atoms with van der Waals surface area (Å²) < 4.78 is 16.0. The van der Waals surface area contributed by atoms with E-state index in [2.05, 4.69) is 16.0 Å². The number of furan rings is 1. The van der Waals surface area contributed by atoms with Crippen LogP contribution in [0.5, 0.6) is 0 Å². The van der Waals surface area contributed by atoms with Crippen LogP contribution < -0.4 is 16.0 Å². The van der Waals surface area contributed by atoms with E-state index in [0.29, 0.717) is 11.3 Å². The average molecular weight is 484 g/mol. The fourth-order valence-corrected chi connectivity index (χ4v) is 3.59. The van der Waals surface area contributed by atoms with E-state index in [-0.39, 0.29) is 23.8 Å². The lowest BCUT2D eigenvalue weighted by molar-refractivity contribution is -0.146. The molecular weight excluding hydrogens is 454 g/mol. The Balaban J connectivity index is 1.80. The standard InChI is InChI=1S/C25H29N3O7/c1-5-33-23(30)19-17(26-25(32)28-21(19)18-10-7-11-34-18)13-35-24(31)20(14(2)3)27-22(29)16-9-6-8-15(4)12-16/h6-12,14,20-21H,5,13H2,1-4H3,(H,27,29)(H2,26,28,32)/t20-,21?/m0/s1. The average Bonchev–Trinajstić information content (AvgIpc) is 3.35. The number of ether oxygens (including phenoxy) is 2. The first-order valence-electron chi connectivity index (χ1n) is 11.3. The SMILES string of the molecule is CCOC(=O)C1=C(COC(=O)[C@@H](NC(=O)c2cccc(C)c2)C(C)C)NC(=O)NC1c1ccco1. The molecule has 0 radical (unpaired) electrons. The Kier molecular flexibility index (Phi) is 8.30. The molecule has 1 unspecified atom stereocenters. The summed E-state index contributed by atoms with van der Waals surface area (Å²) in [6.07, 6.45) is 1.41. The summed E-state index contributed by atoms with van der Waals surface area (Å²) in [5.74, 6) is -1.78. The minimum atomic E-state index is -0.951. The molecule has 1 aromatic carbocycles. The highest BCUT2D eigenvalue weighted by Crippen LogP contribution is 2.28. The number of aryl methyl sites for hydroxylation is 1. The first kappa shape index (κ1) is 25.5. The van der Waals surface area contributed by atoms with Crippen molar-refractivity contribution in [2.24, 2.45) is 5.92 Å². The van der Waals surface area contributed by atoms with Crippen LogP contribution in [0.2, 0.25) is 0 Å². The van der Waals surface area contributed by atoms with Gasteiger partial charge in [-0.2, -0.15) is 0 Å². The number of rotatable bonds is 9. The zero-order valence-electron chi connectivity index (χ0n) is 20.0. The summed E-state index contributed by atoms with van der Waals surface area (Å²) in [4.78, 5) is 50.6. The zero-order chi connectivity index (χ0) is 25.5. The number of esters is 2. The fourth-order valence-electron chi connectivity index (χ4n) is 3.59. The van der Waals surface area contributed by atoms with Crippen LogP contribution in [0.3, 0.4) is 0 Å². The molecule has 2 aromatic rings. The van der Waals surface area contributed by atoms with Crippen LogP contribution in [-0.2, 0) is 19.1 Å². The van der Waals surface area contributed by atoms with Crippen molar-refractivity contribution in [3.05, 3.63) is 70.8 Å². The summed E-state index contributed by atoms with van der Waals surface area (Å²) in [6.45, 7) is 6.74. The van der Waals surface area contributed by atoms with Crippen LogP contribution in [0.1, 0.15) is 48.5 Å². The van der Waals surface area contributed by atoms with Crippen molar-refractivity contribution in [2.75, 3.05) is 13.2 Å². The Labute approximate surface area is 203 Å². The number of hydrogen-bond acceptors (Lipinski definition) is 7. The van der Waals surface area contributed by atoms with Gasteiger partial charge in [0.2, 0.25) is 0 Å². The largest absolute Gasteiger partial charge is 0.467 e. The third kappa shape index (κ3) is 6.28. The van der Waals surface area contributed by atoms with Gasteiger partial charge in [0.1, 0.15) is 24.5 Å². The molecule has 0 aliphatic carbocycles. The van der Waals surface area contributed by atoms with Gasteiger partial charge in [-0.1, -0.05) is 31.5 Å². The molecule has 0 fully saturated rings. The van der Waals surface area contributed by atoms with Gasteiger partial charge in [-0.15, -0.1) is 0 Å². The molecule has 10 heteroatoms. The van der Waals surface area contributed by atoms with E-state index in [1.807, 2.05) is 13.0 Å². The van der Waals surface area contributed by atoms with Crippen LogP contribution in [0.15, 0.2) is 58.3 Å². The lowest BCUT2D eigenvalue weighted by atomic mass is 10.0. The molecule has 35 heavy (non-hydrogen) atoms. The highest BCUT2D eigenvalue weighted by atomic mass is 16.5. The number of carbonyl (C=O) groups excluding carboxylic acids is 4. The van der Waals surface area contributed by atoms with E-state index in [1.54, 1.807) is 51.1 Å². The molecule has 2 atom stereocenters. The molecule has 186 valence electrons. The van der Waals surface area contributed by atoms with E-state index < -0.39 is 42.6 Å². The van der Waals surface area contributed by atoms with Crippen molar-refractivity contribution < 1.29 is 33.1 Å². The van der Waals surface area contributed by atoms with Gasteiger partial charge in [0.25, 0.3) is 5.91 Å². The third-order valence-electron chi connectivity index (χ3n) is 5.32. The number of hydrogen-bond donors (Lipinski definition) is 3. The Morgan fingerprint density at radius 1 is 1.14 bits per heavy atom. The van der Waals surface area contributed by atoms with Crippen molar-refractivity contribution in [1.82, 2.24) is 16.0 Å². The number of carbonyl (C=O) groups is 4. The molecule has 3 N–H and O–H groups in total. The smallest absolute Gasteiger partial charge is 0.338 e. The van der Waals surface area contributed by atoms with Gasteiger partial charge in [0, 0.05) is 5.56 Å². The van der Waals surface area contributed by atoms with Gasteiger partial charge >= 0.3 is 18.0 Å². The maximum absolute atomic E-state index is 12.9. The van der Waals surface area contributed by atoms with E-state index in [9.17, 15) is 19.2 Å². The van der Waals surface area contributed by atoms with Crippen molar-refractivity contribution in [2.45, 2.75) is 39.8 Å². The lowest BCUT2D eigenvalue weighted by Crippen LogP contribution is -2.48. The van der Waals surface area contributed by atoms with Gasteiger partial charge in [-0.3, -0.25) is 4.79 Å². The molecule has 0 saturated heterocycles. The second-order valence-corrected chi connectivity index (χ2v) is 8.33. The van der Waals surface area contributed by atoms with E-state index >= 15 is 0 Å². The minimum absolute atomic E-state index is 0.0547. The van der Waals surface area contributed by atoms with Gasteiger partial charge in [-0.25, -0.2) is 14.4 Å². The molecule has 3 rings (SSSR count). The molecule has 0 bridgehead atoms. The summed E-state index contributed by atoms with van der Waals surface area (Å²) in [5, 5.41) is 7.84. The molecule has 0 spiro atoms. The van der Waals surface area contributed by atoms with Gasteiger partial charge in [-0.05, 0) is 44.0 Å². The number of nitrogens with one attached hydrogen (secondary N) is 3. The fraction of sp³-hybridized carbons (Fsp3) is 0.360. The minimum Gasteiger partial charge on any atom is -0.467 e. The second kappa shape index (κ2) is 11.4. The molecule has 0 saturated carbocycles. The van der Waals surface area contributed by atoms with E-state index in [4.69, 9.17) is 13.9 Å². The normalized spacial score (nSPS) is 16.3. The Bertz CT molecular complexity index is 1120. The molecule has 10 nitrogen and oxygen atoms in total. The third-order valence-corrected chi connectivity index (χ3v) is 5.32. The van der Waals surface area contributed by atoms with Crippen LogP contribution >= 0.6 is 0 Å². The topological polar surface area (TPSA) is 136 Å². The van der Waals surface area contributed by atoms with Crippen molar-refractivity contribution >= 4 is 23.9 Å². The van der Waals surface area contributed by atoms with E-state index in [1.165, 1.54) is 6.26 Å². The predicted octanol–water partition coefficient (Wildman–Crippen LogP) is 2.76. The van der Waals surface area contributed by atoms with Gasteiger partial charge < -0.3 is 29.8 Å². The predicted molar refractivity (Wildman–Crippen MR) is 125 cm³/mol. The second-order valence-electron chi connectivity index (χ2n) is 8.33. The van der Waals surface area contributed by atoms with Gasteiger partial charge in [0.15, 0.2) is 0 Å². The molecule has 3 amide bonds. The maximum Gasteiger partial charge on any atom is 0.338 e. The Morgan fingerprint density at radius 2 is 1.91 bits per heavy atom. The van der Waals surface area contributed by atoms with Crippen LogP contribution in [0.25, 0.3) is 0 Å². The van der Waals surface area contributed by atoms with Crippen molar-refractivity contribution in [1.29, 1.82) is 0 Å². The van der Waals surface area contributed by atoms with E-state index in [0.717, 1.165) is 5.56 Å². The highest BCUT2D eigenvalue weighted by Gasteiger charge is 2.36. The Morgan fingerprint density at radius 3 is 2.54 bits per heavy atom. The molecule has 1 aromatic heterocycles. The molecular formula is C25H29N3O7. The monoisotopic (exact) mass is 483 g/mol. The highest BCUT2D eigenvalue weighted by molar-refractivity contribution is 5.97. The first-order valence-corrected chi connectivity index (χ1v) is 11.3. The van der Waals surface area contributed by atoms with Crippen LogP contribution in [0, 0.1) is 12.8 Å². The van der Waals surface area contributed by atoms with Crippen molar-refractivity contribution in [3.8, 4) is 0 Å². The van der Waals surface area contributed by atoms with Gasteiger partial charge in [0.05, 0.1) is 24.1 Å². The summed E-state index contributed by atoms with van der Waals surface area (Å²) >= 11 is 0. The number of urea groups is 1. The lowest BCUT2D eigenvalue weighted by Gasteiger charge is -2.28.